The molecule has 6 nitrogen and oxygen atoms in total. The molecule has 26 heavy (non-hydrogen) atoms. The molecule has 2 aromatic carbocycles. The van der Waals surface area contributed by atoms with Crippen LogP contribution >= 0.6 is 11.8 Å². The van der Waals surface area contributed by atoms with Gasteiger partial charge in [0.25, 0.3) is 5.56 Å². The Morgan fingerprint density at radius 1 is 1.19 bits per heavy atom. The number of carbonyl (C=O) groups excluding carboxylic acids is 1. The van der Waals surface area contributed by atoms with Crippen molar-refractivity contribution in [2.75, 3.05) is 18.1 Å². The fraction of sp³-hybridized carbons (Fsp3) is 0.211. The van der Waals surface area contributed by atoms with Crippen LogP contribution in [-0.2, 0) is 6.54 Å². The number of fused-ring (bicyclic) bond motifs is 1. The lowest BCUT2D eigenvalue weighted by Crippen LogP contribution is -2.35. The fourth-order valence-corrected chi connectivity index (χ4v) is 3.00. The van der Waals surface area contributed by atoms with Crippen LogP contribution in [-0.4, -0.2) is 33.7 Å². The van der Waals surface area contributed by atoms with Gasteiger partial charge in [0.15, 0.2) is 0 Å². The monoisotopic (exact) mass is 368 g/mol. The van der Waals surface area contributed by atoms with Crippen LogP contribution in [0.3, 0.4) is 0 Å². The molecular weight excluding hydrogens is 348 g/mol. The van der Waals surface area contributed by atoms with Gasteiger partial charge in [0.05, 0.1) is 17.4 Å². The van der Waals surface area contributed by atoms with E-state index < -0.39 is 0 Å². The number of H-pyrrole nitrogens is 1. The van der Waals surface area contributed by atoms with Crippen molar-refractivity contribution in [2.45, 2.75) is 18.4 Å². The van der Waals surface area contributed by atoms with Crippen molar-refractivity contribution in [3.8, 4) is 0 Å². The van der Waals surface area contributed by atoms with Gasteiger partial charge in [0.1, 0.15) is 5.82 Å². The number of thioether (sulfide) groups is 1. The molecule has 1 heterocycles. The molecule has 0 aliphatic heterocycles. The van der Waals surface area contributed by atoms with Gasteiger partial charge >= 0.3 is 6.03 Å². The normalized spacial score (nSPS) is 10.7. The first-order chi connectivity index (χ1) is 12.6. The Morgan fingerprint density at radius 2 is 1.92 bits per heavy atom. The molecule has 0 saturated heterocycles. The Bertz CT molecular complexity index is 969. The zero-order chi connectivity index (χ0) is 18.5. The molecule has 0 aliphatic carbocycles. The standard InChI is InChI=1S/C19H20N4O2S/c1-3-23(19(25)20-13-8-10-14(26-2)11-9-13)12-17-21-16-7-5-4-6-15(16)18(24)22-17/h4-11H,3,12H2,1-2H3,(H,20,25)(H,21,22,24). The van der Waals surface area contributed by atoms with E-state index in [-0.39, 0.29) is 18.1 Å². The third kappa shape index (κ3) is 4.05. The molecule has 0 fully saturated rings. The number of hydrogen-bond acceptors (Lipinski definition) is 4. The van der Waals surface area contributed by atoms with E-state index in [1.165, 1.54) is 0 Å². The van der Waals surface area contributed by atoms with Crippen LogP contribution in [0.4, 0.5) is 10.5 Å². The number of nitrogens with one attached hydrogen (secondary N) is 2. The Kier molecular flexibility index (Phi) is 5.58. The van der Waals surface area contributed by atoms with Gasteiger partial charge in [-0.05, 0) is 49.6 Å². The summed E-state index contributed by atoms with van der Waals surface area (Å²) in [7, 11) is 0. The van der Waals surface area contributed by atoms with E-state index in [1.54, 1.807) is 34.9 Å². The highest BCUT2D eigenvalue weighted by Crippen LogP contribution is 2.18. The first-order valence-electron chi connectivity index (χ1n) is 8.28. The number of carbonyl (C=O) groups is 1. The van der Waals surface area contributed by atoms with E-state index in [9.17, 15) is 9.59 Å². The number of aromatic amines is 1. The Hall–Kier alpha value is -2.80. The molecule has 0 atom stereocenters. The molecule has 3 rings (SSSR count). The quantitative estimate of drug-likeness (QED) is 0.673. The molecule has 0 aliphatic rings. The maximum Gasteiger partial charge on any atom is 0.322 e. The summed E-state index contributed by atoms with van der Waals surface area (Å²) in [5.74, 6) is 0.462. The molecule has 2 amide bonds. The Labute approximate surface area is 155 Å². The van der Waals surface area contributed by atoms with Gasteiger partial charge in [0.2, 0.25) is 0 Å². The fourth-order valence-electron chi connectivity index (χ4n) is 2.59. The summed E-state index contributed by atoms with van der Waals surface area (Å²) in [6.07, 6.45) is 2.00. The average molecular weight is 368 g/mol. The summed E-state index contributed by atoms with van der Waals surface area (Å²) >= 11 is 1.65. The molecule has 0 spiro atoms. The summed E-state index contributed by atoms with van der Waals surface area (Å²) in [5.41, 5.74) is 1.15. The number of urea groups is 1. The summed E-state index contributed by atoms with van der Waals surface area (Å²) in [6, 6.07) is 14.6. The lowest BCUT2D eigenvalue weighted by Gasteiger charge is -2.21. The van der Waals surface area contributed by atoms with Gasteiger partial charge in [-0.3, -0.25) is 4.79 Å². The minimum Gasteiger partial charge on any atom is -0.317 e. The number of para-hydroxylation sites is 1. The van der Waals surface area contributed by atoms with Gasteiger partial charge in [-0.15, -0.1) is 11.8 Å². The van der Waals surface area contributed by atoms with Crippen molar-refractivity contribution in [2.24, 2.45) is 0 Å². The minimum absolute atomic E-state index is 0.199. The molecular formula is C19H20N4O2S. The van der Waals surface area contributed by atoms with Crippen molar-refractivity contribution in [1.29, 1.82) is 0 Å². The van der Waals surface area contributed by atoms with Crippen molar-refractivity contribution < 1.29 is 4.79 Å². The first kappa shape index (κ1) is 18.0. The first-order valence-corrected chi connectivity index (χ1v) is 9.51. The van der Waals surface area contributed by atoms with Crippen LogP contribution in [0.5, 0.6) is 0 Å². The van der Waals surface area contributed by atoms with Crippen molar-refractivity contribution >= 4 is 34.4 Å². The van der Waals surface area contributed by atoms with Gasteiger partial charge in [-0.1, -0.05) is 12.1 Å². The summed E-state index contributed by atoms with van der Waals surface area (Å²) in [6.45, 7) is 2.60. The highest BCUT2D eigenvalue weighted by atomic mass is 32.2. The molecule has 0 unspecified atom stereocenters. The highest BCUT2D eigenvalue weighted by molar-refractivity contribution is 7.98. The number of benzene rings is 2. The minimum atomic E-state index is -0.236. The molecule has 3 aromatic rings. The number of anilines is 1. The van der Waals surface area contributed by atoms with Gasteiger partial charge in [-0.25, -0.2) is 9.78 Å². The maximum atomic E-state index is 12.5. The zero-order valence-corrected chi connectivity index (χ0v) is 15.5. The predicted octanol–water partition coefficient (Wildman–Crippen LogP) is 3.70. The number of hydrogen-bond donors (Lipinski definition) is 2. The molecule has 0 saturated carbocycles. The van der Waals surface area contributed by atoms with Gasteiger partial charge < -0.3 is 15.2 Å². The average Bonchev–Trinajstić information content (AvgIpc) is 2.66. The van der Waals surface area contributed by atoms with Crippen molar-refractivity contribution in [3.63, 3.8) is 0 Å². The molecule has 2 N–H and O–H groups in total. The molecule has 134 valence electrons. The second kappa shape index (κ2) is 8.05. The van der Waals surface area contributed by atoms with Crippen LogP contribution in [0.2, 0.25) is 0 Å². The number of aromatic nitrogens is 2. The van der Waals surface area contributed by atoms with E-state index in [2.05, 4.69) is 15.3 Å². The Balaban J connectivity index is 1.76. The third-order valence-electron chi connectivity index (χ3n) is 4.01. The molecule has 0 bridgehead atoms. The lowest BCUT2D eigenvalue weighted by atomic mass is 10.2. The largest absolute Gasteiger partial charge is 0.322 e. The second-order valence-corrected chi connectivity index (χ2v) is 6.58. The van der Waals surface area contributed by atoms with E-state index in [0.29, 0.717) is 23.3 Å². The Morgan fingerprint density at radius 3 is 2.62 bits per heavy atom. The van der Waals surface area contributed by atoms with Crippen molar-refractivity contribution in [3.05, 3.63) is 64.7 Å². The molecule has 0 radical (unpaired) electrons. The summed E-state index contributed by atoms with van der Waals surface area (Å²) in [4.78, 5) is 34.7. The number of amides is 2. The van der Waals surface area contributed by atoms with E-state index in [0.717, 1.165) is 10.6 Å². The van der Waals surface area contributed by atoms with E-state index >= 15 is 0 Å². The maximum absolute atomic E-state index is 12.5. The third-order valence-corrected chi connectivity index (χ3v) is 4.76. The van der Waals surface area contributed by atoms with Crippen LogP contribution in [0, 0.1) is 0 Å². The van der Waals surface area contributed by atoms with Gasteiger partial charge in [-0.2, -0.15) is 0 Å². The number of nitrogens with zero attached hydrogens (tertiary/aromatic N) is 2. The van der Waals surface area contributed by atoms with E-state index in [1.807, 2.05) is 43.5 Å². The smallest absolute Gasteiger partial charge is 0.317 e. The van der Waals surface area contributed by atoms with Crippen LogP contribution in [0.15, 0.2) is 58.2 Å². The summed E-state index contributed by atoms with van der Waals surface area (Å²) in [5, 5.41) is 3.41. The van der Waals surface area contributed by atoms with Crippen LogP contribution in [0.25, 0.3) is 10.9 Å². The highest BCUT2D eigenvalue weighted by Gasteiger charge is 2.14. The number of rotatable bonds is 5. The molecule has 7 heteroatoms. The van der Waals surface area contributed by atoms with Crippen LogP contribution in [0.1, 0.15) is 12.7 Å². The summed E-state index contributed by atoms with van der Waals surface area (Å²) < 4.78 is 0. The second-order valence-electron chi connectivity index (χ2n) is 5.70. The zero-order valence-electron chi connectivity index (χ0n) is 14.7. The predicted molar refractivity (Wildman–Crippen MR) is 106 cm³/mol. The SMILES string of the molecule is CCN(Cc1nc2ccccc2c(=O)[nH]1)C(=O)Nc1ccc(SC)cc1. The van der Waals surface area contributed by atoms with E-state index in [4.69, 9.17) is 0 Å². The van der Waals surface area contributed by atoms with Gasteiger partial charge in [0, 0.05) is 17.1 Å². The molecule has 1 aromatic heterocycles. The van der Waals surface area contributed by atoms with Crippen LogP contribution < -0.4 is 10.9 Å². The van der Waals surface area contributed by atoms with Crippen molar-refractivity contribution in [1.82, 2.24) is 14.9 Å². The lowest BCUT2D eigenvalue weighted by molar-refractivity contribution is 0.211. The topological polar surface area (TPSA) is 78.1 Å².